The van der Waals surface area contributed by atoms with Gasteiger partial charge in [-0.05, 0) is 54.4 Å². The number of benzene rings is 1. The van der Waals surface area contributed by atoms with Gasteiger partial charge in [-0.15, -0.1) is 0 Å². The quantitative estimate of drug-likeness (QED) is 0.893. The predicted octanol–water partition coefficient (Wildman–Crippen LogP) is 4.00. The molecule has 0 saturated heterocycles. The third kappa shape index (κ3) is 2.56. The average molecular weight is 295 g/mol. The smallest absolute Gasteiger partial charge is 0.126 e. The normalized spacial score (nSPS) is 32.8. The van der Waals surface area contributed by atoms with Gasteiger partial charge in [-0.25, -0.2) is 0 Å². The van der Waals surface area contributed by atoms with E-state index >= 15 is 0 Å². The summed E-state index contributed by atoms with van der Waals surface area (Å²) >= 11 is 6.21. The Bertz CT molecular complexity index is 514. The van der Waals surface area contributed by atoms with E-state index in [9.17, 15) is 5.11 Å². The molecule has 1 N–H and O–H groups in total. The Balaban J connectivity index is 1.88. The molecule has 1 aliphatic heterocycles. The molecule has 1 aromatic rings. The number of fused-ring (bicyclic) bond motifs is 1. The van der Waals surface area contributed by atoms with E-state index in [1.165, 1.54) is 5.56 Å². The standard InChI is InChI=1S/C17H23ClO2/c1-11-3-5-17(19,12(2)7-11)10-14-9-15(18)8-13-4-6-20-16(13)14/h8-9,11-12,19H,3-7,10H2,1-2H3. The maximum absolute atomic E-state index is 11.0. The van der Waals surface area contributed by atoms with Crippen LogP contribution < -0.4 is 4.74 Å². The zero-order valence-corrected chi connectivity index (χ0v) is 13.0. The van der Waals surface area contributed by atoms with Gasteiger partial charge in [-0.3, -0.25) is 0 Å². The van der Waals surface area contributed by atoms with Gasteiger partial charge in [0.1, 0.15) is 5.75 Å². The van der Waals surface area contributed by atoms with Gasteiger partial charge in [0, 0.05) is 17.9 Å². The summed E-state index contributed by atoms with van der Waals surface area (Å²) in [5, 5.41) is 11.8. The van der Waals surface area contributed by atoms with Gasteiger partial charge < -0.3 is 9.84 Å². The lowest BCUT2D eigenvalue weighted by molar-refractivity contribution is -0.0525. The third-order valence-electron chi connectivity index (χ3n) is 5.07. The summed E-state index contributed by atoms with van der Waals surface area (Å²) in [6.45, 7) is 5.17. The summed E-state index contributed by atoms with van der Waals surface area (Å²) in [4.78, 5) is 0. The first-order valence-electron chi connectivity index (χ1n) is 7.64. The number of hydrogen-bond acceptors (Lipinski definition) is 2. The minimum absolute atomic E-state index is 0.322. The van der Waals surface area contributed by atoms with Gasteiger partial charge in [0.15, 0.2) is 0 Å². The second-order valence-electron chi connectivity index (χ2n) is 6.71. The van der Waals surface area contributed by atoms with Crippen molar-refractivity contribution < 1.29 is 9.84 Å². The first kappa shape index (κ1) is 14.2. The molecule has 3 heteroatoms. The number of hydrogen-bond donors (Lipinski definition) is 1. The van der Waals surface area contributed by atoms with Gasteiger partial charge in [-0.2, -0.15) is 0 Å². The lowest BCUT2D eigenvalue weighted by atomic mass is 9.69. The highest BCUT2D eigenvalue weighted by molar-refractivity contribution is 6.30. The Morgan fingerprint density at radius 2 is 2.20 bits per heavy atom. The van der Waals surface area contributed by atoms with Crippen LogP contribution in [0.25, 0.3) is 0 Å². The molecule has 3 unspecified atom stereocenters. The van der Waals surface area contributed by atoms with Crippen molar-refractivity contribution in [3.8, 4) is 5.75 Å². The minimum Gasteiger partial charge on any atom is -0.493 e. The summed E-state index contributed by atoms with van der Waals surface area (Å²) in [6.07, 6.45) is 4.65. The molecule has 2 aliphatic rings. The van der Waals surface area contributed by atoms with E-state index in [0.717, 1.165) is 48.6 Å². The SMILES string of the molecule is CC1CCC(O)(Cc2cc(Cl)cc3c2OCC3)C(C)C1. The van der Waals surface area contributed by atoms with Crippen molar-refractivity contribution >= 4 is 11.6 Å². The molecule has 3 atom stereocenters. The summed E-state index contributed by atoms with van der Waals surface area (Å²) < 4.78 is 5.76. The zero-order chi connectivity index (χ0) is 14.3. The molecular weight excluding hydrogens is 272 g/mol. The molecule has 2 nitrogen and oxygen atoms in total. The molecule has 20 heavy (non-hydrogen) atoms. The monoisotopic (exact) mass is 294 g/mol. The van der Waals surface area contributed by atoms with Crippen LogP contribution in [0.4, 0.5) is 0 Å². The van der Waals surface area contributed by atoms with Crippen molar-refractivity contribution in [1.29, 1.82) is 0 Å². The van der Waals surface area contributed by atoms with Crippen molar-refractivity contribution in [2.75, 3.05) is 6.61 Å². The molecule has 110 valence electrons. The number of ether oxygens (including phenoxy) is 1. The highest BCUT2D eigenvalue weighted by Gasteiger charge is 2.39. The summed E-state index contributed by atoms with van der Waals surface area (Å²) in [7, 11) is 0. The van der Waals surface area contributed by atoms with Crippen LogP contribution >= 0.6 is 11.6 Å². The fourth-order valence-corrected chi connectivity index (χ4v) is 4.02. The number of halogens is 1. The summed E-state index contributed by atoms with van der Waals surface area (Å²) in [6, 6.07) is 3.96. The minimum atomic E-state index is -0.614. The molecule has 1 aromatic carbocycles. The average Bonchev–Trinajstić information content (AvgIpc) is 2.83. The molecule has 1 saturated carbocycles. The van der Waals surface area contributed by atoms with Gasteiger partial charge >= 0.3 is 0 Å². The molecule has 1 heterocycles. The van der Waals surface area contributed by atoms with Gasteiger partial charge in [0.05, 0.1) is 12.2 Å². The highest BCUT2D eigenvalue weighted by atomic mass is 35.5. The van der Waals surface area contributed by atoms with Gasteiger partial charge in [0.2, 0.25) is 0 Å². The molecule has 0 amide bonds. The molecule has 1 aliphatic carbocycles. The lowest BCUT2D eigenvalue weighted by Crippen LogP contribution is -2.43. The van der Waals surface area contributed by atoms with Crippen LogP contribution in [-0.4, -0.2) is 17.3 Å². The van der Waals surface area contributed by atoms with Crippen LogP contribution in [0.1, 0.15) is 44.2 Å². The maximum Gasteiger partial charge on any atom is 0.126 e. The Labute approximate surface area is 126 Å². The Kier molecular flexibility index (Phi) is 3.72. The topological polar surface area (TPSA) is 29.5 Å². The van der Waals surface area contributed by atoms with Crippen molar-refractivity contribution in [1.82, 2.24) is 0 Å². The molecule has 1 fully saturated rings. The van der Waals surface area contributed by atoms with E-state index in [1.54, 1.807) is 0 Å². The largest absolute Gasteiger partial charge is 0.493 e. The van der Waals surface area contributed by atoms with Crippen molar-refractivity contribution in [3.63, 3.8) is 0 Å². The molecule has 0 aromatic heterocycles. The van der Waals surface area contributed by atoms with E-state index in [0.29, 0.717) is 18.3 Å². The second-order valence-corrected chi connectivity index (χ2v) is 7.15. The molecule has 3 rings (SSSR count). The Morgan fingerprint density at radius 1 is 1.40 bits per heavy atom. The van der Waals surface area contributed by atoms with Crippen LogP contribution in [0.3, 0.4) is 0 Å². The molecule has 0 radical (unpaired) electrons. The van der Waals surface area contributed by atoms with E-state index in [-0.39, 0.29) is 0 Å². The number of rotatable bonds is 2. The Morgan fingerprint density at radius 3 is 2.95 bits per heavy atom. The lowest BCUT2D eigenvalue weighted by Gasteiger charge is -2.41. The molecule has 0 bridgehead atoms. The summed E-state index contributed by atoms with van der Waals surface area (Å²) in [5.41, 5.74) is 1.65. The first-order chi connectivity index (χ1) is 9.48. The van der Waals surface area contributed by atoms with Crippen molar-refractivity contribution in [2.24, 2.45) is 11.8 Å². The number of aliphatic hydroxyl groups is 1. The molecular formula is C17H23ClO2. The van der Waals surface area contributed by atoms with E-state index in [4.69, 9.17) is 16.3 Å². The fourth-order valence-electron chi connectivity index (χ4n) is 3.75. The van der Waals surface area contributed by atoms with Crippen LogP contribution in [0.2, 0.25) is 5.02 Å². The third-order valence-corrected chi connectivity index (χ3v) is 5.28. The van der Waals surface area contributed by atoms with Crippen LogP contribution in [0, 0.1) is 11.8 Å². The van der Waals surface area contributed by atoms with Crippen LogP contribution in [0.15, 0.2) is 12.1 Å². The van der Waals surface area contributed by atoms with Crippen LogP contribution in [0.5, 0.6) is 5.75 Å². The first-order valence-corrected chi connectivity index (χ1v) is 8.02. The second kappa shape index (κ2) is 5.23. The Hall–Kier alpha value is -0.730. The van der Waals surface area contributed by atoms with E-state index in [1.807, 2.05) is 12.1 Å². The molecule has 0 spiro atoms. The fraction of sp³-hybridized carbons (Fsp3) is 0.647. The summed E-state index contributed by atoms with van der Waals surface area (Å²) in [5.74, 6) is 2.00. The van der Waals surface area contributed by atoms with Crippen LogP contribution in [-0.2, 0) is 12.8 Å². The van der Waals surface area contributed by atoms with Crippen molar-refractivity contribution in [2.45, 2.75) is 51.6 Å². The van der Waals surface area contributed by atoms with Gasteiger partial charge in [-0.1, -0.05) is 25.4 Å². The van der Waals surface area contributed by atoms with E-state index in [2.05, 4.69) is 13.8 Å². The van der Waals surface area contributed by atoms with Gasteiger partial charge in [0.25, 0.3) is 0 Å². The predicted molar refractivity (Wildman–Crippen MR) is 81.5 cm³/mol. The van der Waals surface area contributed by atoms with Crippen molar-refractivity contribution in [3.05, 3.63) is 28.3 Å². The zero-order valence-electron chi connectivity index (χ0n) is 12.3. The highest BCUT2D eigenvalue weighted by Crippen LogP contribution is 2.42. The van der Waals surface area contributed by atoms with E-state index < -0.39 is 5.60 Å². The maximum atomic E-state index is 11.0.